The molecule has 6 nitrogen and oxygen atoms in total. The molecule has 18 heavy (non-hydrogen) atoms. The molecule has 6 heteroatoms. The van der Waals surface area contributed by atoms with Crippen molar-refractivity contribution in [1.82, 2.24) is 0 Å². The molecule has 3 N–H and O–H groups in total. The largest absolute Gasteiger partial charge is 0.481 e. The molecule has 0 aromatic heterocycles. The van der Waals surface area contributed by atoms with E-state index in [1.807, 2.05) is 0 Å². The second-order valence-electron chi connectivity index (χ2n) is 6.03. The van der Waals surface area contributed by atoms with Crippen molar-refractivity contribution >= 4 is 17.9 Å². The standard InChI is InChI=1S/C12H16O6/c1-11(2)5-4(8(13)14)6(9(15)16)12(11,3)7(5)10(17)18/h4-7H,1-3H3,(H,13,14)(H,15,16)(H,17,18). The Bertz CT molecular complexity index is 453. The zero-order valence-electron chi connectivity index (χ0n) is 10.4. The first-order chi connectivity index (χ1) is 8.08. The van der Waals surface area contributed by atoms with Crippen molar-refractivity contribution in [1.29, 1.82) is 0 Å². The molecule has 0 aromatic rings. The fraction of sp³-hybridized carbons (Fsp3) is 0.750. The van der Waals surface area contributed by atoms with E-state index in [0.717, 1.165) is 0 Å². The van der Waals surface area contributed by atoms with Gasteiger partial charge in [0.2, 0.25) is 0 Å². The van der Waals surface area contributed by atoms with Crippen LogP contribution in [0.15, 0.2) is 0 Å². The monoisotopic (exact) mass is 256 g/mol. The topological polar surface area (TPSA) is 112 Å². The fourth-order valence-electron chi connectivity index (χ4n) is 4.40. The fourth-order valence-corrected chi connectivity index (χ4v) is 4.40. The van der Waals surface area contributed by atoms with Crippen LogP contribution in [0.1, 0.15) is 20.8 Å². The molecule has 0 radical (unpaired) electrons. The first-order valence-corrected chi connectivity index (χ1v) is 5.77. The van der Waals surface area contributed by atoms with Crippen LogP contribution in [0.3, 0.4) is 0 Å². The number of aliphatic carboxylic acids is 3. The SMILES string of the molecule is CC1(C)C2C(C(=O)O)C(C(=O)O)C1(C)C2C(=O)O. The van der Waals surface area contributed by atoms with E-state index in [1.165, 1.54) is 0 Å². The molecule has 3 aliphatic carbocycles. The lowest BCUT2D eigenvalue weighted by Crippen LogP contribution is -2.60. The summed E-state index contributed by atoms with van der Waals surface area (Å²) in [5, 5.41) is 27.7. The maximum Gasteiger partial charge on any atom is 0.307 e. The summed E-state index contributed by atoms with van der Waals surface area (Å²) in [6.07, 6.45) is 0. The number of carboxylic acid groups (broad SMARTS) is 3. The summed E-state index contributed by atoms with van der Waals surface area (Å²) >= 11 is 0. The highest BCUT2D eigenvalue weighted by Crippen LogP contribution is 2.78. The highest BCUT2D eigenvalue weighted by Gasteiger charge is 2.82. The minimum Gasteiger partial charge on any atom is -0.481 e. The lowest BCUT2D eigenvalue weighted by molar-refractivity contribution is -0.187. The van der Waals surface area contributed by atoms with Crippen molar-refractivity contribution in [2.45, 2.75) is 20.8 Å². The van der Waals surface area contributed by atoms with Crippen LogP contribution in [-0.4, -0.2) is 33.2 Å². The van der Waals surface area contributed by atoms with Crippen LogP contribution >= 0.6 is 0 Å². The Balaban J connectivity index is 2.59. The highest BCUT2D eigenvalue weighted by atomic mass is 16.4. The second kappa shape index (κ2) is 3.24. The Kier molecular flexibility index (Phi) is 2.32. The summed E-state index contributed by atoms with van der Waals surface area (Å²) in [5.74, 6) is -7.32. The summed E-state index contributed by atoms with van der Waals surface area (Å²) in [6, 6.07) is 0. The van der Waals surface area contributed by atoms with Gasteiger partial charge in [0, 0.05) is 5.41 Å². The van der Waals surface area contributed by atoms with Crippen molar-refractivity contribution in [3.63, 3.8) is 0 Å². The molecule has 3 aliphatic rings. The average Bonchev–Trinajstić information content (AvgIpc) is 2.59. The van der Waals surface area contributed by atoms with Crippen molar-refractivity contribution in [3.05, 3.63) is 0 Å². The first kappa shape index (κ1) is 12.9. The predicted octanol–water partition coefficient (Wildman–Crippen LogP) is 0.765. The van der Waals surface area contributed by atoms with E-state index in [4.69, 9.17) is 0 Å². The van der Waals surface area contributed by atoms with Gasteiger partial charge in [-0.25, -0.2) is 0 Å². The van der Waals surface area contributed by atoms with Crippen molar-refractivity contribution in [2.24, 2.45) is 34.5 Å². The third kappa shape index (κ3) is 1.06. The molecule has 0 aliphatic heterocycles. The third-order valence-electron chi connectivity index (χ3n) is 5.44. The maximum atomic E-state index is 11.4. The summed E-state index contributed by atoms with van der Waals surface area (Å²) in [4.78, 5) is 33.9. The maximum absolute atomic E-state index is 11.4. The number of hydrogen-bond acceptors (Lipinski definition) is 3. The van der Waals surface area contributed by atoms with E-state index in [2.05, 4.69) is 0 Å². The molecule has 2 bridgehead atoms. The van der Waals surface area contributed by atoms with Crippen LogP contribution < -0.4 is 0 Å². The van der Waals surface area contributed by atoms with Crippen LogP contribution in [0.4, 0.5) is 0 Å². The molecule has 0 amide bonds. The Labute approximate surface area is 104 Å². The zero-order chi connectivity index (χ0) is 14.0. The van der Waals surface area contributed by atoms with Crippen LogP contribution in [0.2, 0.25) is 0 Å². The molecule has 3 rings (SSSR count). The molecule has 0 saturated heterocycles. The molecule has 5 atom stereocenters. The van der Waals surface area contributed by atoms with Gasteiger partial charge in [-0.3, -0.25) is 14.4 Å². The van der Waals surface area contributed by atoms with E-state index in [0.29, 0.717) is 0 Å². The first-order valence-electron chi connectivity index (χ1n) is 5.77. The van der Waals surface area contributed by atoms with Crippen LogP contribution in [-0.2, 0) is 14.4 Å². The van der Waals surface area contributed by atoms with Gasteiger partial charge in [0.1, 0.15) is 0 Å². The van der Waals surface area contributed by atoms with E-state index in [-0.39, 0.29) is 0 Å². The number of fused-ring (bicyclic) bond motifs is 1. The lowest BCUT2D eigenvalue weighted by atomic mass is 9.44. The summed E-state index contributed by atoms with van der Waals surface area (Å²) in [7, 11) is 0. The minimum atomic E-state index is -1.22. The molecule has 0 aromatic carbocycles. The number of hydrogen-bond donors (Lipinski definition) is 3. The summed E-state index contributed by atoms with van der Waals surface area (Å²) < 4.78 is 0. The molecule has 0 spiro atoms. The van der Waals surface area contributed by atoms with E-state index in [9.17, 15) is 29.7 Å². The lowest BCUT2D eigenvalue weighted by Gasteiger charge is -2.58. The van der Waals surface area contributed by atoms with Gasteiger partial charge in [-0.05, 0) is 11.3 Å². The van der Waals surface area contributed by atoms with Crippen molar-refractivity contribution < 1.29 is 29.7 Å². The Morgan fingerprint density at radius 3 is 1.56 bits per heavy atom. The number of carboxylic acids is 3. The molecule has 3 saturated carbocycles. The van der Waals surface area contributed by atoms with Crippen LogP contribution in [0.25, 0.3) is 0 Å². The molecule has 0 heterocycles. The Hall–Kier alpha value is -1.59. The van der Waals surface area contributed by atoms with Gasteiger partial charge in [-0.15, -0.1) is 0 Å². The minimum absolute atomic E-state index is 0.595. The molecular weight excluding hydrogens is 240 g/mol. The number of carbonyl (C=O) groups is 3. The number of rotatable bonds is 3. The van der Waals surface area contributed by atoms with Gasteiger partial charge in [0.15, 0.2) is 0 Å². The molecular formula is C12H16O6. The van der Waals surface area contributed by atoms with Gasteiger partial charge < -0.3 is 15.3 Å². The Morgan fingerprint density at radius 1 is 0.833 bits per heavy atom. The van der Waals surface area contributed by atoms with Crippen molar-refractivity contribution in [2.75, 3.05) is 0 Å². The van der Waals surface area contributed by atoms with Gasteiger partial charge in [0.25, 0.3) is 0 Å². The quantitative estimate of drug-likeness (QED) is 0.687. The Morgan fingerprint density at radius 2 is 1.28 bits per heavy atom. The summed E-state index contributed by atoms with van der Waals surface area (Å²) in [5.41, 5.74) is -1.61. The smallest absolute Gasteiger partial charge is 0.307 e. The van der Waals surface area contributed by atoms with Gasteiger partial charge in [-0.1, -0.05) is 20.8 Å². The van der Waals surface area contributed by atoms with Crippen molar-refractivity contribution in [3.8, 4) is 0 Å². The van der Waals surface area contributed by atoms with Crippen LogP contribution in [0.5, 0.6) is 0 Å². The van der Waals surface area contributed by atoms with Gasteiger partial charge in [-0.2, -0.15) is 0 Å². The van der Waals surface area contributed by atoms with Gasteiger partial charge in [0.05, 0.1) is 17.8 Å². The second-order valence-corrected chi connectivity index (χ2v) is 6.03. The third-order valence-corrected chi connectivity index (χ3v) is 5.44. The zero-order valence-corrected chi connectivity index (χ0v) is 10.4. The molecule has 5 unspecified atom stereocenters. The molecule has 3 fully saturated rings. The van der Waals surface area contributed by atoms with E-state index < -0.39 is 52.4 Å². The summed E-state index contributed by atoms with van der Waals surface area (Å²) in [6.45, 7) is 5.11. The van der Waals surface area contributed by atoms with Gasteiger partial charge >= 0.3 is 17.9 Å². The van der Waals surface area contributed by atoms with Crippen LogP contribution in [0, 0.1) is 34.5 Å². The normalized spacial score (nSPS) is 44.2. The van der Waals surface area contributed by atoms with E-state index >= 15 is 0 Å². The van der Waals surface area contributed by atoms with E-state index in [1.54, 1.807) is 20.8 Å². The molecule has 100 valence electrons. The predicted molar refractivity (Wildman–Crippen MR) is 58.8 cm³/mol. The average molecular weight is 256 g/mol. The highest BCUT2D eigenvalue weighted by molar-refractivity contribution is 5.88.